The fourth-order valence-corrected chi connectivity index (χ4v) is 3.21. The van der Waals surface area contributed by atoms with Gasteiger partial charge in [-0.05, 0) is 30.7 Å². The molecule has 1 aliphatic rings. The maximum Gasteiger partial charge on any atom is 0.232 e. The van der Waals surface area contributed by atoms with Gasteiger partial charge in [0.25, 0.3) is 0 Å². The van der Waals surface area contributed by atoms with Crippen LogP contribution in [0.1, 0.15) is 23.6 Å². The van der Waals surface area contributed by atoms with E-state index in [1.807, 2.05) is 61.5 Å². The van der Waals surface area contributed by atoms with Crippen LogP contribution in [0.5, 0.6) is 0 Å². The molecule has 0 bridgehead atoms. The minimum atomic E-state index is -0.509. The van der Waals surface area contributed by atoms with E-state index >= 15 is 0 Å². The number of pyridine rings is 1. The zero-order valence-electron chi connectivity index (χ0n) is 13.7. The number of hydrogen-bond donors (Lipinski definition) is 2. The van der Waals surface area contributed by atoms with E-state index in [0.29, 0.717) is 11.4 Å². The summed E-state index contributed by atoms with van der Waals surface area (Å²) in [5.74, 6) is -0.853. The maximum absolute atomic E-state index is 12.9. The number of hydrogen-bond acceptors (Lipinski definition) is 3. The fourth-order valence-electron chi connectivity index (χ4n) is 3.21. The first-order chi connectivity index (χ1) is 12.1. The van der Waals surface area contributed by atoms with Crippen LogP contribution in [0.15, 0.2) is 54.6 Å². The number of benzene rings is 2. The van der Waals surface area contributed by atoms with E-state index in [1.165, 1.54) is 0 Å². The Labute approximate surface area is 145 Å². The lowest BCUT2D eigenvalue weighted by Crippen LogP contribution is -2.30. The number of para-hydroxylation sites is 2. The summed E-state index contributed by atoms with van der Waals surface area (Å²) in [6.45, 7) is 1.92. The van der Waals surface area contributed by atoms with Crippen LogP contribution < -0.4 is 10.6 Å². The molecule has 5 heteroatoms. The molecule has 0 saturated carbocycles. The minimum Gasteiger partial charge on any atom is -0.326 e. The highest BCUT2D eigenvalue weighted by atomic mass is 16.2. The molecule has 0 saturated heterocycles. The number of nitrogens with zero attached hydrogens (tertiary/aromatic N) is 1. The van der Waals surface area contributed by atoms with Crippen molar-refractivity contribution in [3.8, 4) is 0 Å². The lowest BCUT2D eigenvalue weighted by molar-refractivity contribution is -0.123. The van der Waals surface area contributed by atoms with E-state index in [4.69, 9.17) is 0 Å². The van der Waals surface area contributed by atoms with E-state index in [2.05, 4.69) is 15.6 Å². The molecule has 2 amide bonds. The van der Waals surface area contributed by atoms with Crippen LogP contribution in [0, 0.1) is 6.92 Å². The van der Waals surface area contributed by atoms with E-state index in [-0.39, 0.29) is 18.2 Å². The Kier molecular flexibility index (Phi) is 3.69. The summed E-state index contributed by atoms with van der Waals surface area (Å²) in [7, 11) is 0. The quantitative estimate of drug-likeness (QED) is 0.753. The largest absolute Gasteiger partial charge is 0.326 e. The number of nitrogens with one attached hydrogen (secondary N) is 2. The Morgan fingerprint density at radius 2 is 1.96 bits per heavy atom. The molecule has 3 aromatic rings. The van der Waals surface area contributed by atoms with Crippen molar-refractivity contribution in [3.63, 3.8) is 0 Å². The minimum absolute atomic E-state index is 0.139. The number of anilines is 2. The molecule has 0 spiro atoms. The van der Waals surface area contributed by atoms with Crippen LogP contribution in [0.3, 0.4) is 0 Å². The Hall–Kier alpha value is -3.21. The van der Waals surface area contributed by atoms with Crippen LogP contribution in [0.4, 0.5) is 11.4 Å². The van der Waals surface area contributed by atoms with Gasteiger partial charge in [-0.1, -0.05) is 36.4 Å². The molecule has 124 valence electrons. The van der Waals surface area contributed by atoms with Crippen LogP contribution in [-0.2, 0) is 9.59 Å². The number of aromatic nitrogens is 1. The topological polar surface area (TPSA) is 71.1 Å². The average molecular weight is 331 g/mol. The van der Waals surface area contributed by atoms with Crippen molar-refractivity contribution in [2.75, 3.05) is 10.6 Å². The second kappa shape index (κ2) is 6.02. The molecule has 4 rings (SSSR count). The van der Waals surface area contributed by atoms with Crippen molar-refractivity contribution in [1.82, 2.24) is 4.98 Å². The predicted molar refractivity (Wildman–Crippen MR) is 97.5 cm³/mol. The summed E-state index contributed by atoms with van der Waals surface area (Å²) in [6, 6.07) is 17.0. The van der Waals surface area contributed by atoms with Gasteiger partial charge in [-0.2, -0.15) is 0 Å². The molecular weight excluding hydrogens is 314 g/mol. The van der Waals surface area contributed by atoms with Crippen LogP contribution in [-0.4, -0.2) is 16.8 Å². The zero-order valence-corrected chi connectivity index (χ0v) is 13.7. The van der Waals surface area contributed by atoms with Crippen molar-refractivity contribution >= 4 is 34.1 Å². The number of fused-ring (bicyclic) bond motifs is 2. The molecule has 25 heavy (non-hydrogen) atoms. The summed E-state index contributed by atoms with van der Waals surface area (Å²) < 4.78 is 0. The first-order valence-electron chi connectivity index (χ1n) is 8.18. The third kappa shape index (κ3) is 2.85. The molecule has 1 unspecified atom stereocenters. The van der Waals surface area contributed by atoms with Crippen molar-refractivity contribution in [2.45, 2.75) is 19.3 Å². The van der Waals surface area contributed by atoms with Crippen molar-refractivity contribution in [1.29, 1.82) is 0 Å². The summed E-state index contributed by atoms with van der Waals surface area (Å²) in [5.41, 5.74) is 3.84. The third-order valence-electron chi connectivity index (χ3n) is 4.43. The maximum atomic E-state index is 12.9. The van der Waals surface area contributed by atoms with Gasteiger partial charge in [0.1, 0.15) is 0 Å². The molecule has 0 radical (unpaired) electrons. The molecule has 2 aromatic carbocycles. The average Bonchev–Trinajstić information content (AvgIpc) is 2.61. The van der Waals surface area contributed by atoms with Crippen molar-refractivity contribution < 1.29 is 9.59 Å². The lowest BCUT2D eigenvalue weighted by atomic mass is 9.89. The smallest absolute Gasteiger partial charge is 0.232 e. The summed E-state index contributed by atoms with van der Waals surface area (Å²) in [5, 5.41) is 6.74. The van der Waals surface area contributed by atoms with Crippen molar-refractivity contribution in [3.05, 3.63) is 65.9 Å². The lowest BCUT2D eigenvalue weighted by Gasteiger charge is -2.24. The molecule has 5 nitrogen and oxygen atoms in total. The monoisotopic (exact) mass is 331 g/mol. The molecule has 1 aromatic heterocycles. The fraction of sp³-hybridized carbons (Fsp3) is 0.150. The molecule has 1 aliphatic heterocycles. The molecule has 2 heterocycles. The van der Waals surface area contributed by atoms with Gasteiger partial charge >= 0.3 is 0 Å². The Balaban J connectivity index is 1.69. The highest BCUT2D eigenvalue weighted by molar-refractivity contribution is 6.07. The number of amides is 2. The van der Waals surface area contributed by atoms with E-state index in [1.54, 1.807) is 0 Å². The summed E-state index contributed by atoms with van der Waals surface area (Å²) in [6.07, 6.45) is 0.139. The molecular formula is C20H17N3O2. The van der Waals surface area contributed by atoms with Crippen LogP contribution >= 0.6 is 0 Å². The van der Waals surface area contributed by atoms with Crippen LogP contribution in [0.2, 0.25) is 0 Å². The molecule has 0 aliphatic carbocycles. The van der Waals surface area contributed by atoms with E-state index < -0.39 is 5.92 Å². The van der Waals surface area contributed by atoms with Gasteiger partial charge in [-0.25, -0.2) is 0 Å². The standard InChI is InChI=1S/C20H17N3O2/c1-12-9-10-13-5-4-8-17(19(13)21-12)23-20(25)15-11-18(24)22-16-7-3-2-6-14(15)16/h2-10,15H,11H2,1H3,(H,22,24)(H,23,25). The Morgan fingerprint density at radius 3 is 2.84 bits per heavy atom. The first-order valence-corrected chi connectivity index (χ1v) is 8.18. The number of aryl methyl sites for hydroxylation is 1. The Morgan fingerprint density at radius 1 is 1.12 bits per heavy atom. The second-order valence-electron chi connectivity index (χ2n) is 6.21. The molecule has 0 fully saturated rings. The van der Waals surface area contributed by atoms with Gasteiger partial charge in [-0.15, -0.1) is 0 Å². The number of carbonyl (C=O) groups is 2. The highest BCUT2D eigenvalue weighted by Crippen LogP contribution is 2.33. The van der Waals surface area contributed by atoms with E-state index in [9.17, 15) is 9.59 Å². The highest BCUT2D eigenvalue weighted by Gasteiger charge is 2.30. The van der Waals surface area contributed by atoms with Gasteiger partial charge in [-0.3, -0.25) is 14.6 Å². The van der Waals surface area contributed by atoms with E-state index in [0.717, 1.165) is 22.2 Å². The van der Waals surface area contributed by atoms with Gasteiger partial charge < -0.3 is 10.6 Å². The van der Waals surface area contributed by atoms with Crippen LogP contribution in [0.25, 0.3) is 10.9 Å². The molecule has 2 N–H and O–H groups in total. The SMILES string of the molecule is Cc1ccc2cccc(NC(=O)C3CC(=O)Nc4ccccc43)c2n1. The molecule has 1 atom stereocenters. The first kappa shape index (κ1) is 15.3. The second-order valence-corrected chi connectivity index (χ2v) is 6.21. The van der Waals surface area contributed by atoms with Gasteiger partial charge in [0, 0.05) is 23.2 Å². The predicted octanol–water partition coefficient (Wildman–Crippen LogP) is 3.61. The normalized spacial score (nSPS) is 16.2. The Bertz CT molecular complexity index is 997. The van der Waals surface area contributed by atoms with Gasteiger partial charge in [0.2, 0.25) is 11.8 Å². The number of rotatable bonds is 2. The summed E-state index contributed by atoms with van der Waals surface area (Å²) >= 11 is 0. The number of carbonyl (C=O) groups excluding carboxylic acids is 2. The zero-order chi connectivity index (χ0) is 17.4. The van der Waals surface area contributed by atoms with Crippen molar-refractivity contribution in [2.24, 2.45) is 0 Å². The van der Waals surface area contributed by atoms with Gasteiger partial charge in [0.05, 0.1) is 17.1 Å². The van der Waals surface area contributed by atoms with Gasteiger partial charge in [0.15, 0.2) is 0 Å². The third-order valence-corrected chi connectivity index (χ3v) is 4.43. The summed E-state index contributed by atoms with van der Waals surface area (Å²) in [4.78, 5) is 29.4.